The third-order valence-electron chi connectivity index (χ3n) is 3.86. The van der Waals surface area contributed by atoms with Gasteiger partial charge in [0.1, 0.15) is 11.7 Å². The molecule has 0 unspecified atom stereocenters. The molecule has 2 aromatic rings. The van der Waals surface area contributed by atoms with Crippen molar-refractivity contribution in [1.82, 2.24) is 14.9 Å². The van der Waals surface area contributed by atoms with E-state index >= 15 is 0 Å². The van der Waals surface area contributed by atoms with E-state index in [4.69, 9.17) is 9.47 Å². The lowest BCUT2D eigenvalue weighted by atomic mass is 10.1. The van der Waals surface area contributed by atoms with Gasteiger partial charge in [0.05, 0.1) is 17.2 Å². The van der Waals surface area contributed by atoms with Crippen molar-refractivity contribution in [1.29, 1.82) is 0 Å². The maximum absolute atomic E-state index is 12.1. The van der Waals surface area contributed by atoms with E-state index in [0.29, 0.717) is 19.0 Å². The summed E-state index contributed by atoms with van der Waals surface area (Å²) in [5.74, 6) is 0.515. The number of rotatable bonds is 2. The highest BCUT2D eigenvalue weighted by molar-refractivity contribution is 9.10. The standard InChI is InChI=1S/C18H22BrN3O3/c1-18(2,3)25-17(23)22-8-6-13(7-9-22)24-16-11-20-14-5-4-12(19)10-15(14)21-16/h4-5,10-11,13H,6-9H2,1-3H3. The lowest BCUT2D eigenvalue weighted by Gasteiger charge is -2.33. The number of halogens is 1. The summed E-state index contributed by atoms with van der Waals surface area (Å²) in [6.45, 7) is 6.85. The Hall–Kier alpha value is -1.89. The van der Waals surface area contributed by atoms with Crippen LogP contribution >= 0.6 is 15.9 Å². The summed E-state index contributed by atoms with van der Waals surface area (Å²) in [5.41, 5.74) is 1.15. The minimum absolute atomic E-state index is 0.0255. The zero-order chi connectivity index (χ0) is 18.0. The van der Waals surface area contributed by atoms with Crippen LogP contribution in [0.25, 0.3) is 11.0 Å². The van der Waals surface area contributed by atoms with Crippen molar-refractivity contribution in [3.05, 3.63) is 28.9 Å². The highest BCUT2D eigenvalue weighted by atomic mass is 79.9. The molecule has 6 nitrogen and oxygen atoms in total. The Kier molecular flexibility index (Phi) is 5.13. The van der Waals surface area contributed by atoms with Crippen molar-refractivity contribution in [3.8, 4) is 5.88 Å². The van der Waals surface area contributed by atoms with Crippen molar-refractivity contribution >= 4 is 33.1 Å². The van der Waals surface area contributed by atoms with Crippen molar-refractivity contribution in [3.63, 3.8) is 0 Å². The number of fused-ring (bicyclic) bond motifs is 1. The van der Waals surface area contributed by atoms with Gasteiger partial charge in [-0.3, -0.25) is 0 Å². The third-order valence-corrected chi connectivity index (χ3v) is 4.36. The van der Waals surface area contributed by atoms with Crippen molar-refractivity contribution in [2.24, 2.45) is 0 Å². The van der Waals surface area contributed by atoms with E-state index in [1.807, 2.05) is 39.0 Å². The molecule has 0 atom stereocenters. The van der Waals surface area contributed by atoms with Crippen LogP contribution in [-0.4, -0.2) is 45.8 Å². The number of nitrogens with zero attached hydrogens (tertiary/aromatic N) is 3. The van der Waals surface area contributed by atoms with Gasteiger partial charge in [-0.05, 0) is 39.0 Å². The molecule has 25 heavy (non-hydrogen) atoms. The zero-order valence-corrected chi connectivity index (χ0v) is 16.2. The van der Waals surface area contributed by atoms with Crippen LogP contribution in [0, 0.1) is 0 Å². The van der Waals surface area contributed by atoms with Gasteiger partial charge in [0.15, 0.2) is 0 Å². The summed E-state index contributed by atoms with van der Waals surface area (Å²) < 4.78 is 12.3. The fraction of sp³-hybridized carbons (Fsp3) is 0.500. The minimum Gasteiger partial charge on any atom is -0.473 e. The van der Waals surface area contributed by atoms with Crippen LogP contribution in [0.5, 0.6) is 5.88 Å². The molecule has 0 aliphatic carbocycles. The largest absolute Gasteiger partial charge is 0.473 e. The highest BCUT2D eigenvalue weighted by Gasteiger charge is 2.27. The van der Waals surface area contributed by atoms with E-state index in [1.54, 1.807) is 11.1 Å². The van der Waals surface area contributed by atoms with Gasteiger partial charge in [-0.1, -0.05) is 15.9 Å². The summed E-state index contributed by atoms with van der Waals surface area (Å²) in [5, 5.41) is 0. The average molecular weight is 408 g/mol. The molecule has 2 heterocycles. The molecule has 1 aromatic carbocycles. The van der Waals surface area contributed by atoms with Crippen LogP contribution in [-0.2, 0) is 4.74 Å². The van der Waals surface area contributed by atoms with Crippen LogP contribution in [0.2, 0.25) is 0 Å². The maximum atomic E-state index is 12.1. The van der Waals surface area contributed by atoms with Crippen LogP contribution in [0.4, 0.5) is 4.79 Å². The van der Waals surface area contributed by atoms with Gasteiger partial charge in [-0.2, -0.15) is 0 Å². The Labute approximate surface area is 155 Å². The number of hydrogen-bond acceptors (Lipinski definition) is 5. The van der Waals surface area contributed by atoms with Gasteiger partial charge in [0, 0.05) is 30.4 Å². The van der Waals surface area contributed by atoms with Crippen molar-refractivity contribution in [2.45, 2.75) is 45.3 Å². The second kappa shape index (κ2) is 7.15. The number of carbonyl (C=O) groups is 1. The second-order valence-electron chi connectivity index (χ2n) is 7.13. The van der Waals surface area contributed by atoms with Crippen LogP contribution in [0.1, 0.15) is 33.6 Å². The molecule has 1 aromatic heterocycles. The normalized spacial score (nSPS) is 16.1. The van der Waals surface area contributed by atoms with Crippen LogP contribution in [0.3, 0.4) is 0 Å². The summed E-state index contributed by atoms with van der Waals surface area (Å²) in [7, 11) is 0. The number of ether oxygens (including phenoxy) is 2. The van der Waals surface area contributed by atoms with E-state index in [9.17, 15) is 4.79 Å². The van der Waals surface area contributed by atoms with Crippen LogP contribution in [0.15, 0.2) is 28.9 Å². The number of amides is 1. The van der Waals surface area contributed by atoms with Crippen molar-refractivity contribution < 1.29 is 14.3 Å². The van der Waals surface area contributed by atoms with Gasteiger partial charge in [0.2, 0.25) is 5.88 Å². The van der Waals surface area contributed by atoms with Crippen molar-refractivity contribution in [2.75, 3.05) is 13.1 Å². The molecule has 1 aliphatic heterocycles. The molecule has 3 rings (SSSR count). The first-order valence-electron chi connectivity index (χ1n) is 8.37. The van der Waals surface area contributed by atoms with E-state index in [0.717, 1.165) is 28.3 Å². The van der Waals surface area contributed by atoms with E-state index in [1.165, 1.54) is 0 Å². The molecule has 1 amide bonds. The number of likely N-dealkylation sites (tertiary alicyclic amines) is 1. The first kappa shape index (κ1) is 17.9. The Morgan fingerprint density at radius 1 is 1.24 bits per heavy atom. The smallest absolute Gasteiger partial charge is 0.410 e. The Morgan fingerprint density at radius 3 is 2.64 bits per heavy atom. The summed E-state index contributed by atoms with van der Waals surface area (Å²) in [4.78, 5) is 22.7. The summed E-state index contributed by atoms with van der Waals surface area (Å²) >= 11 is 3.44. The molecule has 1 saturated heterocycles. The van der Waals surface area contributed by atoms with Gasteiger partial charge >= 0.3 is 6.09 Å². The zero-order valence-electron chi connectivity index (χ0n) is 14.7. The molecule has 134 valence electrons. The topological polar surface area (TPSA) is 64.5 Å². The fourth-order valence-corrected chi connectivity index (χ4v) is 3.03. The molecule has 0 radical (unpaired) electrons. The first-order valence-corrected chi connectivity index (χ1v) is 9.16. The predicted octanol–water partition coefficient (Wildman–Crippen LogP) is 4.17. The SMILES string of the molecule is CC(C)(C)OC(=O)N1CCC(Oc2cnc3ccc(Br)cc3n2)CC1. The Morgan fingerprint density at radius 2 is 1.96 bits per heavy atom. The molecule has 1 aliphatic rings. The fourth-order valence-electron chi connectivity index (χ4n) is 2.68. The molecular formula is C18H22BrN3O3. The lowest BCUT2D eigenvalue weighted by Crippen LogP contribution is -2.44. The number of aromatic nitrogens is 2. The second-order valence-corrected chi connectivity index (χ2v) is 8.04. The monoisotopic (exact) mass is 407 g/mol. The predicted molar refractivity (Wildman–Crippen MR) is 98.7 cm³/mol. The van der Waals surface area contributed by atoms with Gasteiger partial charge in [-0.15, -0.1) is 0 Å². The minimum atomic E-state index is -0.473. The summed E-state index contributed by atoms with van der Waals surface area (Å²) in [6, 6.07) is 5.76. The molecular weight excluding hydrogens is 386 g/mol. The molecule has 0 saturated carbocycles. The molecule has 0 spiro atoms. The lowest BCUT2D eigenvalue weighted by molar-refractivity contribution is 0.0123. The quantitative estimate of drug-likeness (QED) is 0.747. The number of hydrogen-bond donors (Lipinski definition) is 0. The Bertz CT molecular complexity index is 768. The van der Waals surface area contributed by atoms with E-state index in [2.05, 4.69) is 25.9 Å². The first-order chi connectivity index (χ1) is 11.8. The Balaban J connectivity index is 1.58. The van der Waals surface area contributed by atoms with E-state index in [-0.39, 0.29) is 12.2 Å². The van der Waals surface area contributed by atoms with E-state index < -0.39 is 5.60 Å². The number of carbonyl (C=O) groups excluding carboxylic acids is 1. The molecule has 0 N–H and O–H groups in total. The van der Waals surface area contributed by atoms with Crippen LogP contribution < -0.4 is 4.74 Å². The number of benzene rings is 1. The number of piperidine rings is 1. The van der Waals surface area contributed by atoms with Gasteiger partial charge in [0.25, 0.3) is 0 Å². The molecule has 0 bridgehead atoms. The van der Waals surface area contributed by atoms with Gasteiger partial charge < -0.3 is 14.4 Å². The summed E-state index contributed by atoms with van der Waals surface area (Å²) in [6.07, 6.45) is 2.91. The molecule has 7 heteroatoms. The van der Waals surface area contributed by atoms with Gasteiger partial charge in [-0.25, -0.2) is 14.8 Å². The molecule has 1 fully saturated rings. The third kappa shape index (κ3) is 4.81. The highest BCUT2D eigenvalue weighted by Crippen LogP contribution is 2.22. The average Bonchev–Trinajstić information content (AvgIpc) is 2.53. The maximum Gasteiger partial charge on any atom is 0.410 e.